The summed E-state index contributed by atoms with van der Waals surface area (Å²) < 4.78 is 0. The number of likely N-dealkylation sites (tertiary alicyclic amines) is 1. The van der Waals surface area contributed by atoms with E-state index in [2.05, 4.69) is 15.5 Å². The molecule has 1 rings (SSSR count). The third-order valence-corrected chi connectivity index (χ3v) is 3.16. The Morgan fingerprint density at radius 3 is 2.47 bits per heavy atom. The summed E-state index contributed by atoms with van der Waals surface area (Å²) in [5, 5.41) is 13.8. The van der Waals surface area contributed by atoms with Gasteiger partial charge in [-0.3, -0.25) is 14.9 Å². The SMILES string of the molecule is CN1CCC(NC(=O)NC(=O)CC(C)(C)C(=O)O)C1. The van der Waals surface area contributed by atoms with E-state index in [1.807, 2.05) is 7.05 Å². The number of carboxylic acid groups (broad SMARTS) is 1. The molecule has 7 heteroatoms. The molecular formula is C12H21N3O4. The molecular weight excluding hydrogens is 250 g/mol. The number of aliphatic carboxylic acids is 1. The smallest absolute Gasteiger partial charge is 0.321 e. The van der Waals surface area contributed by atoms with E-state index in [0.717, 1.165) is 19.5 Å². The second-order valence-electron chi connectivity index (χ2n) is 5.64. The molecule has 0 spiro atoms. The number of carbonyl (C=O) groups is 3. The number of hydrogen-bond acceptors (Lipinski definition) is 4. The second kappa shape index (κ2) is 6.01. The summed E-state index contributed by atoms with van der Waals surface area (Å²) in [5.74, 6) is -1.66. The summed E-state index contributed by atoms with van der Waals surface area (Å²) in [4.78, 5) is 36.1. The number of imide groups is 1. The standard InChI is InChI=1S/C12H21N3O4/c1-12(2,10(17)18)6-9(16)14-11(19)13-8-4-5-15(3)7-8/h8H,4-7H2,1-3H3,(H,17,18)(H2,13,14,16,19). The molecule has 19 heavy (non-hydrogen) atoms. The lowest BCUT2D eigenvalue weighted by atomic mass is 9.89. The number of hydrogen-bond donors (Lipinski definition) is 3. The zero-order valence-electron chi connectivity index (χ0n) is 11.5. The van der Waals surface area contributed by atoms with Crippen molar-refractivity contribution in [3.63, 3.8) is 0 Å². The largest absolute Gasteiger partial charge is 0.481 e. The van der Waals surface area contributed by atoms with E-state index in [9.17, 15) is 14.4 Å². The Labute approximate surface area is 112 Å². The van der Waals surface area contributed by atoms with Crippen molar-refractivity contribution in [3.8, 4) is 0 Å². The maximum absolute atomic E-state index is 11.6. The highest BCUT2D eigenvalue weighted by molar-refractivity contribution is 5.96. The quantitative estimate of drug-likeness (QED) is 0.669. The van der Waals surface area contributed by atoms with Crippen LogP contribution in [0.25, 0.3) is 0 Å². The van der Waals surface area contributed by atoms with E-state index in [4.69, 9.17) is 5.11 Å². The summed E-state index contributed by atoms with van der Waals surface area (Å²) in [7, 11) is 1.96. The van der Waals surface area contributed by atoms with Gasteiger partial charge in [-0.1, -0.05) is 0 Å². The van der Waals surface area contributed by atoms with E-state index >= 15 is 0 Å². The van der Waals surface area contributed by atoms with Gasteiger partial charge in [-0.15, -0.1) is 0 Å². The zero-order valence-corrected chi connectivity index (χ0v) is 11.5. The van der Waals surface area contributed by atoms with E-state index in [1.165, 1.54) is 13.8 Å². The Morgan fingerprint density at radius 1 is 1.37 bits per heavy atom. The summed E-state index contributed by atoms with van der Waals surface area (Å²) in [6, 6.07) is -0.531. The Bertz CT molecular complexity index is 381. The number of likely N-dealkylation sites (N-methyl/N-ethyl adjacent to an activating group) is 1. The molecule has 1 atom stereocenters. The summed E-state index contributed by atoms with van der Waals surface area (Å²) in [5.41, 5.74) is -1.18. The van der Waals surface area contributed by atoms with Gasteiger partial charge in [0.2, 0.25) is 5.91 Å². The average Bonchev–Trinajstić information content (AvgIpc) is 2.61. The Balaban J connectivity index is 2.36. The van der Waals surface area contributed by atoms with Crippen LogP contribution in [-0.4, -0.2) is 54.1 Å². The first-order valence-corrected chi connectivity index (χ1v) is 6.23. The van der Waals surface area contributed by atoms with Crippen LogP contribution in [0.3, 0.4) is 0 Å². The predicted octanol–water partition coefficient (Wildman–Crippen LogP) is 0.0172. The van der Waals surface area contributed by atoms with Crippen LogP contribution in [0.2, 0.25) is 0 Å². The minimum atomic E-state index is -1.18. The van der Waals surface area contributed by atoms with Gasteiger partial charge in [0.15, 0.2) is 0 Å². The number of carbonyl (C=O) groups excluding carboxylic acids is 2. The number of nitrogens with one attached hydrogen (secondary N) is 2. The lowest BCUT2D eigenvalue weighted by Crippen LogP contribution is -2.46. The van der Waals surface area contributed by atoms with Crippen molar-refractivity contribution in [1.29, 1.82) is 0 Å². The van der Waals surface area contributed by atoms with Gasteiger partial charge in [0.1, 0.15) is 0 Å². The van der Waals surface area contributed by atoms with Gasteiger partial charge in [-0.25, -0.2) is 4.79 Å². The Hall–Kier alpha value is -1.63. The van der Waals surface area contributed by atoms with Crippen molar-refractivity contribution in [2.45, 2.75) is 32.7 Å². The third-order valence-electron chi connectivity index (χ3n) is 3.16. The van der Waals surface area contributed by atoms with E-state index < -0.39 is 23.3 Å². The fourth-order valence-corrected chi connectivity index (χ4v) is 1.92. The van der Waals surface area contributed by atoms with Crippen molar-refractivity contribution in [3.05, 3.63) is 0 Å². The highest BCUT2D eigenvalue weighted by Crippen LogP contribution is 2.19. The molecule has 108 valence electrons. The van der Waals surface area contributed by atoms with Gasteiger partial charge in [-0.2, -0.15) is 0 Å². The van der Waals surface area contributed by atoms with Crippen LogP contribution in [0.4, 0.5) is 4.79 Å². The van der Waals surface area contributed by atoms with Gasteiger partial charge < -0.3 is 15.3 Å². The molecule has 1 unspecified atom stereocenters. The van der Waals surface area contributed by atoms with Gasteiger partial charge in [-0.05, 0) is 33.9 Å². The van der Waals surface area contributed by atoms with Crippen molar-refractivity contribution >= 4 is 17.9 Å². The first-order valence-electron chi connectivity index (χ1n) is 6.23. The molecule has 1 heterocycles. The van der Waals surface area contributed by atoms with Crippen molar-refractivity contribution in [1.82, 2.24) is 15.5 Å². The first-order chi connectivity index (χ1) is 8.70. The highest BCUT2D eigenvalue weighted by Gasteiger charge is 2.31. The monoisotopic (exact) mass is 271 g/mol. The average molecular weight is 271 g/mol. The minimum absolute atomic E-state index is 0.0327. The van der Waals surface area contributed by atoms with Crippen LogP contribution in [0.1, 0.15) is 26.7 Å². The molecule has 0 radical (unpaired) electrons. The Morgan fingerprint density at radius 2 is 2.00 bits per heavy atom. The van der Waals surface area contributed by atoms with Crippen LogP contribution in [-0.2, 0) is 9.59 Å². The number of nitrogens with zero attached hydrogens (tertiary/aromatic N) is 1. The minimum Gasteiger partial charge on any atom is -0.481 e. The molecule has 1 saturated heterocycles. The molecule has 1 fully saturated rings. The third kappa shape index (κ3) is 4.86. The summed E-state index contributed by atoms with van der Waals surface area (Å²) in [6.07, 6.45) is 0.610. The maximum atomic E-state index is 11.6. The van der Waals surface area contributed by atoms with Crippen molar-refractivity contribution < 1.29 is 19.5 Å². The molecule has 0 aromatic carbocycles. The van der Waals surface area contributed by atoms with Gasteiger partial charge in [0, 0.05) is 19.0 Å². The maximum Gasteiger partial charge on any atom is 0.321 e. The molecule has 0 bridgehead atoms. The highest BCUT2D eigenvalue weighted by atomic mass is 16.4. The molecule has 3 amide bonds. The lowest BCUT2D eigenvalue weighted by Gasteiger charge is -2.18. The van der Waals surface area contributed by atoms with E-state index in [-0.39, 0.29) is 12.5 Å². The van der Waals surface area contributed by atoms with Crippen LogP contribution in [0.5, 0.6) is 0 Å². The number of carboxylic acids is 1. The second-order valence-corrected chi connectivity index (χ2v) is 5.64. The van der Waals surface area contributed by atoms with Crippen LogP contribution >= 0.6 is 0 Å². The Kier molecular flexibility index (Phi) is 4.88. The molecule has 0 aromatic heterocycles. The number of urea groups is 1. The molecule has 0 aromatic rings. The fourth-order valence-electron chi connectivity index (χ4n) is 1.92. The van der Waals surface area contributed by atoms with Crippen molar-refractivity contribution in [2.24, 2.45) is 5.41 Å². The zero-order chi connectivity index (χ0) is 14.6. The van der Waals surface area contributed by atoms with Gasteiger partial charge in [0.05, 0.1) is 5.41 Å². The van der Waals surface area contributed by atoms with Crippen molar-refractivity contribution in [2.75, 3.05) is 20.1 Å². The van der Waals surface area contributed by atoms with E-state index in [1.54, 1.807) is 0 Å². The molecule has 0 aliphatic carbocycles. The summed E-state index contributed by atoms with van der Waals surface area (Å²) in [6.45, 7) is 4.55. The van der Waals surface area contributed by atoms with E-state index in [0.29, 0.717) is 0 Å². The van der Waals surface area contributed by atoms with Crippen LogP contribution in [0, 0.1) is 5.41 Å². The molecule has 3 N–H and O–H groups in total. The molecule has 1 aliphatic heterocycles. The van der Waals surface area contributed by atoms with Gasteiger partial charge in [0.25, 0.3) is 0 Å². The normalized spacial score (nSPS) is 20.1. The molecule has 7 nitrogen and oxygen atoms in total. The van der Waals surface area contributed by atoms with Crippen LogP contribution < -0.4 is 10.6 Å². The lowest BCUT2D eigenvalue weighted by molar-refractivity contribution is -0.149. The predicted molar refractivity (Wildman–Crippen MR) is 68.6 cm³/mol. The topological polar surface area (TPSA) is 98.7 Å². The van der Waals surface area contributed by atoms with Gasteiger partial charge >= 0.3 is 12.0 Å². The first kappa shape index (κ1) is 15.4. The fraction of sp³-hybridized carbons (Fsp3) is 0.750. The van der Waals surface area contributed by atoms with Crippen LogP contribution in [0.15, 0.2) is 0 Å². The molecule has 1 aliphatic rings. The summed E-state index contributed by atoms with van der Waals surface area (Å²) >= 11 is 0. The number of rotatable bonds is 4. The number of amides is 3. The molecule has 0 saturated carbocycles.